The van der Waals surface area contributed by atoms with E-state index in [0.717, 1.165) is 50.0 Å². The fraction of sp³-hybridized carbons (Fsp3) is 0.280. The van der Waals surface area contributed by atoms with Crippen LogP contribution < -0.4 is 27.1 Å². The van der Waals surface area contributed by atoms with E-state index in [1.165, 1.54) is 0 Å². The third-order valence-corrected chi connectivity index (χ3v) is 18.4. The number of para-hydroxylation sites is 6. The molecule has 2 saturated heterocycles. The molecule has 0 aromatic heterocycles. The Morgan fingerprint density at radius 3 is 1.02 bits per heavy atom. The highest BCUT2D eigenvalue weighted by Crippen LogP contribution is 2.78. The Bertz CT molecular complexity index is 2390. The summed E-state index contributed by atoms with van der Waals surface area (Å²) < 4.78 is 81.4. The van der Waals surface area contributed by atoms with Crippen LogP contribution in [0.15, 0.2) is 183 Å². The van der Waals surface area contributed by atoms with Crippen molar-refractivity contribution in [3.8, 4) is 34.5 Å². The van der Waals surface area contributed by atoms with Gasteiger partial charge in [0.1, 0.15) is 46.7 Å². The number of nitrogens with zero attached hydrogens (tertiary/aromatic N) is 3. The van der Waals surface area contributed by atoms with Gasteiger partial charge >= 0.3 is 23.0 Å². The van der Waals surface area contributed by atoms with E-state index in [0.29, 0.717) is 73.8 Å². The van der Waals surface area contributed by atoms with Crippen molar-refractivity contribution in [1.82, 2.24) is 0 Å². The van der Waals surface area contributed by atoms with Gasteiger partial charge in [0.2, 0.25) is 0 Å². The van der Waals surface area contributed by atoms with Gasteiger partial charge in [-0.1, -0.05) is 123 Å². The van der Waals surface area contributed by atoms with Gasteiger partial charge in [-0.05, 0) is 110 Å². The first-order valence-electron chi connectivity index (χ1n) is 22.4. The first-order valence-corrected chi connectivity index (χ1v) is 27.0. The van der Waals surface area contributed by atoms with Crippen LogP contribution in [-0.2, 0) is 31.8 Å². The van der Waals surface area contributed by atoms with Gasteiger partial charge in [-0.2, -0.15) is 0 Å². The SMILES string of the molecule is c1ccc(OP2(Oc3ccccc3)=NP(Oc3ccccc3)(Oc3ccccc3)=NP(Oc3ccccc3CCCCOCC3CO3)(Oc3ccccc3CCCCOCC3CO3)=N2)cc1. The molecule has 3 heterocycles. The average molecular weight is 950 g/mol. The molecular formula is C50H54N3O10P3. The Kier molecular flexibility index (Phi) is 15.6. The molecule has 0 spiro atoms. The van der Waals surface area contributed by atoms with Gasteiger partial charge in [0.15, 0.2) is 0 Å². The van der Waals surface area contributed by atoms with E-state index in [-0.39, 0.29) is 12.2 Å². The molecule has 0 bridgehead atoms. The summed E-state index contributed by atoms with van der Waals surface area (Å²) in [6, 6.07) is 53.1. The van der Waals surface area contributed by atoms with Crippen molar-refractivity contribution in [3.63, 3.8) is 0 Å². The van der Waals surface area contributed by atoms with Crippen molar-refractivity contribution < 1.29 is 46.1 Å². The minimum atomic E-state index is -4.11. The lowest BCUT2D eigenvalue weighted by Gasteiger charge is -2.33. The first kappa shape index (κ1) is 45.8. The summed E-state index contributed by atoms with van der Waals surface area (Å²) in [6.45, 7) is 4.03. The van der Waals surface area contributed by atoms with Crippen LogP contribution in [-0.4, -0.2) is 51.8 Å². The fourth-order valence-electron chi connectivity index (χ4n) is 6.88. The molecule has 0 aliphatic carbocycles. The van der Waals surface area contributed by atoms with E-state index in [2.05, 4.69) is 12.1 Å². The average Bonchev–Trinajstić information content (AvgIpc) is 4.28. The van der Waals surface area contributed by atoms with E-state index < -0.39 is 23.0 Å². The van der Waals surface area contributed by atoms with E-state index in [4.69, 9.17) is 59.6 Å². The minimum absolute atomic E-state index is 0.221. The van der Waals surface area contributed by atoms with Crippen LogP contribution in [0.25, 0.3) is 0 Å². The molecule has 344 valence electrons. The third-order valence-electron chi connectivity index (χ3n) is 10.3. The number of unbranched alkanes of at least 4 members (excludes halogenated alkanes) is 2. The van der Waals surface area contributed by atoms with Gasteiger partial charge < -0.3 is 46.1 Å². The second-order valence-corrected chi connectivity index (χ2v) is 21.9. The third kappa shape index (κ3) is 13.4. The summed E-state index contributed by atoms with van der Waals surface area (Å²) in [5.41, 5.74) is 1.88. The van der Waals surface area contributed by atoms with E-state index >= 15 is 0 Å². The maximum Gasteiger partial charge on any atom is 0.460 e. The smallest absolute Gasteiger partial charge is 0.413 e. The summed E-state index contributed by atoms with van der Waals surface area (Å²) in [6.07, 6.45) is 5.23. The molecule has 2 fully saturated rings. The van der Waals surface area contributed by atoms with E-state index in [1.54, 1.807) is 0 Å². The molecule has 6 aromatic rings. The standard InChI is InChI=1S/C50H54N3O10P3/c1-5-25-43(26-6-1)58-64(59-44-27-7-2-8-28-44)51-65(60-45-29-9-3-10-30-45,61-46-31-11-4-12-32-46)53-66(52-64,62-49-33-15-13-21-41(49)23-17-19-35-54-37-47-39-56-47)63-50-34-16-14-22-42(50)24-18-20-36-55-38-48-40-57-48/h1-16,21-22,25-34,47-48H,17-20,23-24,35-40H2. The predicted octanol–water partition coefficient (Wildman–Crippen LogP) is 13.8. The Morgan fingerprint density at radius 2 is 0.682 bits per heavy atom. The predicted molar refractivity (Wildman–Crippen MR) is 257 cm³/mol. The number of aryl methyl sites for hydroxylation is 2. The van der Waals surface area contributed by atoms with E-state index in [1.807, 2.05) is 158 Å². The zero-order chi connectivity index (χ0) is 44.8. The molecule has 2 atom stereocenters. The van der Waals surface area contributed by atoms with Gasteiger partial charge in [-0.3, -0.25) is 0 Å². The first-order chi connectivity index (χ1) is 32.5. The lowest BCUT2D eigenvalue weighted by molar-refractivity contribution is 0.113. The summed E-state index contributed by atoms with van der Waals surface area (Å²) in [7, 11) is -12.2. The van der Waals surface area contributed by atoms with Gasteiger partial charge in [0, 0.05) is 13.2 Å². The second kappa shape index (κ2) is 22.4. The van der Waals surface area contributed by atoms with Crippen LogP contribution in [0.3, 0.4) is 0 Å². The lowest BCUT2D eigenvalue weighted by Crippen LogP contribution is -2.12. The Balaban J connectivity index is 1.20. The highest BCUT2D eigenvalue weighted by atomic mass is 31.3. The summed E-state index contributed by atoms with van der Waals surface area (Å²) in [5.74, 6) is 2.91. The van der Waals surface area contributed by atoms with Crippen LogP contribution in [0.5, 0.6) is 34.5 Å². The fourth-order valence-corrected chi connectivity index (χ4v) is 16.0. The maximum atomic E-state index is 7.35. The van der Waals surface area contributed by atoms with Crippen molar-refractivity contribution in [1.29, 1.82) is 0 Å². The van der Waals surface area contributed by atoms with Crippen LogP contribution in [0.2, 0.25) is 0 Å². The molecule has 3 aliphatic rings. The number of benzene rings is 6. The maximum absolute atomic E-state index is 7.35. The van der Waals surface area contributed by atoms with Gasteiger partial charge in [0.25, 0.3) is 0 Å². The molecule has 13 nitrogen and oxygen atoms in total. The molecule has 0 N–H and O–H groups in total. The molecule has 3 aliphatic heterocycles. The zero-order valence-electron chi connectivity index (χ0n) is 36.6. The van der Waals surface area contributed by atoms with Crippen LogP contribution in [0.1, 0.15) is 36.8 Å². The number of ether oxygens (including phenoxy) is 4. The molecule has 0 radical (unpaired) electrons. The normalized spacial score (nSPS) is 19.8. The van der Waals surface area contributed by atoms with Gasteiger partial charge in [-0.15, -0.1) is 0 Å². The lowest BCUT2D eigenvalue weighted by atomic mass is 10.1. The number of rotatable bonds is 26. The summed E-state index contributed by atoms with van der Waals surface area (Å²) >= 11 is 0. The Labute approximate surface area is 387 Å². The molecule has 6 aromatic carbocycles. The monoisotopic (exact) mass is 949 g/mol. The molecule has 16 heteroatoms. The largest absolute Gasteiger partial charge is 0.460 e. The molecule has 0 saturated carbocycles. The van der Waals surface area contributed by atoms with Crippen LogP contribution in [0, 0.1) is 0 Å². The molecule has 0 amide bonds. The van der Waals surface area contributed by atoms with Crippen LogP contribution >= 0.6 is 23.0 Å². The number of hydrogen-bond acceptors (Lipinski definition) is 13. The zero-order valence-corrected chi connectivity index (χ0v) is 39.3. The van der Waals surface area contributed by atoms with Crippen LogP contribution in [0.4, 0.5) is 0 Å². The van der Waals surface area contributed by atoms with E-state index in [9.17, 15) is 0 Å². The topological polar surface area (TPSA) is 136 Å². The van der Waals surface area contributed by atoms with Gasteiger partial charge in [0.05, 0.1) is 26.4 Å². The Hall–Kier alpha value is -5.35. The Morgan fingerprint density at radius 1 is 0.379 bits per heavy atom. The quantitative estimate of drug-likeness (QED) is 0.0294. The molecular weight excluding hydrogens is 895 g/mol. The number of hydrogen-bond donors (Lipinski definition) is 0. The van der Waals surface area contributed by atoms with Crippen molar-refractivity contribution in [2.75, 3.05) is 39.6 Å². The van der Waals surface area contributed by atoms with Crippen molar-refractivity contribution in [2.45, 2.75) is 50.7 Å². The second-order valence-electron chi connectivity index (χ2n) is 15.7. The van der Waals surface area contributed by atoms with Gasteiger partial charge in [-0.25, -0.2) is 0 Å². The molecule has 2 unspecified atom stereocenters. The van der Waals surface area contributed by atoms with Crippen molar-refractivity contribution in [3.05, 3.63) is 181 Å². The minimum Gasteiger partial charge on any atom is -0.413 e. The summed E-state index contributed by atoms with van der Waals surface area (Å²) in [4.78, 5) is 0. The highest BCUT2D eigenvalue weighted by Gasteiger charge is 2.49. The van der Waals surface area contributed by atoms with Crippen molar-refractivity contribution >= 4 is 23.0 Å². The number of epoxide rings is 2. The van der Waals surface area contributed by atoms with Crippen molar-refractivity contribution in [2.24, 2.45) is 13.5 Å². The highest BCUT2D eigenvalue weighted by molar-refractivity contribution is 7.79. The summed E-state index contributed by atoms with van der Waals surface area (Å²) in [5, 5.41) is 0. The molecule has 66 heavy (non-hydrogen) atoms. The molecule has 9 rings (SSSR count).